The number of hydrogen-bond acceptors (Lipinski definition) is 7. The largest absolute Gasteiger partial charge is 0.493 e. The number of methoxy groups -OCH3 is 3. The summed E-state index contributed by atoms with van der Waals surface area (Å²) in [6, 6.07) is 9.70. The fourth-order valence-corrected chi connectivity index (χ4v) is 4.06. The first-order valence-corrected chi connectivity index (χ1v) is 10.2. The molecule has 2 aromatic carbocycles. The third kappa shape index (κ3) is 4.66. The Bertz CT molecular complexity index is 1040. The van der Waals surface area contributed by atoms with Gasteiger partial charge in [0.05, 0.1) is 37.5 Å². The monoisotopic (exact) mass is 442 g/mol. The second-order valence-electron chi connectivity index (χ2n) is 6.37. The maximum Gasteiger partial charge on any atom is 0.335 e. The molecular weight excluding hydrogens is 420 g/mol. The number of benzene rings is 2. The molecule has 0 saturated carbocycles. The van der Waals surface area contributed by atoms with E-state index in [1.807, 2.05) is 6.92 Å². The normalized spacial score (nSPS) is 16.1. The summed E-state index contributed by atoms with van der Waals surface area (Å²) in [5.41, 5.74) is 1.45. The van der Waals surface area contributed by atoms with Crippen LogP contribution in [0.2, 0.25) is 0 Å². The number of aromatic carboxylic acids is 1. The first-order chi connectivity index (χ1) is 14.9. The van der Waals surface area contributed by atoms with Gasteiger partial charge in [-0.3, -0.25) is 9.69 Å². The van der Waals surface area contributed by atoms with Crippen molar-refractivity contribution in [1.29, 1.82) is 0 Å². The number of aliphatic imine (C=N–C) groups is 1. The van der Waals surface area contributed by atoms with Gasteiger partial charge < -0.3 is 19.3 Å². The molecule has 0 unspecified atom stereocenters. The van der Waals surface area contributed by atoms with Gasteiger partial charge in [-0.25, -0.2) is 9.79 Å². The van der Waals surface area contributed by atoms with Crippen molar-refractivity contribution in [2.45, 2.75) is 6.92 Å². The summed E-state index contributed by atoms with van der Waals surface area (Å²) in [5, 5.41) is 9.55. The summed E-state index contributed by atoms with van der Waals surface area (Å²) in [7, 11) is 4.59. The van der Waals surface area contributed by atoms with Gasteiger partial charge in [0.1, 0.15) is 0 Å². The summed E-state index contributed by atoms with van der Waals surface area (Å²) in [5.74, 6) is 0.283. The Balaban J connectivity index is 1.96. The van der Waals surface area contributed by atoms with E-state index in [4.69, 9.17) is 19.3 Å². The van der Waals surface area contributed by atoms with Crippen molar-refractivity contribution >= 4 is 40.6 Å². The predicted octanol–water partition coefficient (Wildman–Crippen LogP) is 4.03. The second kappa shape index (κ2) is 9.57. The zero-order valence-corrected chi connectivity index (χ0v) is 18.4. The van der Waals surface area contributed by atoms with Crippen LogP contribution in [-0.4, -0.2) is 54.9 Å². The van der Waals surface area contributed by atoms with Crippen LogP contribution in [0.15, 0.2) is 46.3 Å². The van der Waals surface area contributed by atoms with Gasteiger partial charge >= 0.3 is 5.97 Å². The highest BCUT2D eigenvalue weighted by Gasteiger charge is 2.32. The summed E-state index contributed by atoms with van der Waals surface area (Å²) in [6.07, 6.45) is 1.75. The van der Waals surface area contributed by atoms with E-state index in [-0.39, 0.29) is 11.5 Å². The number of carboxylic acid groups (broad SMARTS) is 1. The van der Waals surface area contributed by atoms with Crippen LogP contribution < -0.4 is 14.2 Å². The van der Waals surface area contributed by atoms with Gasteiger partial charge in [-0.1, -0.05) is 0 Å². The standard InChI is InChI=1S/C22H22N2O6S/c1-5-24-20(25)18(12-13-10-16(28-2)19(30-4)17(11-13)29-3)31-22(24)23-15-8-6-14(7-9-15)21(26)27/h6-12H,5H2,1-4H3,(H,26,27)/b18-12+,23-22?. The number of amidine groups is 1. The maximum atomic E-state index is 12.9. The fourth-order valence-electron chi connectivity index (χ4n) is 3.00. The van der Waals surface area contributed by atoms with Crippen LogP contribution in [-0.2, 0) is 4.79 Å². The van der Waals surface area contributed by atoms with Crippen LogP contribution in [0.4, 0.5) is 5.69 Å². The third-order valence-corrected chi connectivity index (χ3v) is 5.53. The Morgan fingerprint density at radius 1 is 1.10 bits per heavy atom. The minimum Gasteiger partial charge on any atom is -0.493 e. The summed E-state index contributed by atoms with van der Waals surface area (Å²) in [4.78, 5) is 30.5. The summed E-state index contributed by atoms with van der Waals surface area (Å²) < 4.78 is 16.1. The first-order valence-electron chi connectivity index (χ1n) is 9.35. The van der Waals surface area contributed by atoms with Gasteiger partial charge in [-0.15, -0.1) is 0 Å². The molecule has 162 valence electrons. The Morgan fingerprint density at radius 2 is 1.71 bits per heavy atom. The molecule has 0 aliphatic carbocycles. The van der Waals surface area contributed by atoms with Crippen LogP contribution >= 0.6 is 11.8 Å². The van der Waals surface area contributed by atoms with E-state index in [0.717, 1.165) is 0 Å². The van der Waals surface area contributed by atoms with Gasteiger partial charge in [0.25, 0.3) is 5.91 Å². The quantitative estimate of drug-likeness (QED) is 0.647. The molecule has 31 heavy (non-hydrogen) atoms. The Morgan fingerprint density at radius 3 is 2.19 bits per heavy atom. The van der Waals surface area contributed by atoms with Crippen LogP contribution in [0.25, 0.3) is 6.08 Å². The molecule has 0 atom stereocenters. The SMILES string of the molecule is CCN1C(=O)/C(=C\c2cc(OC)c(OC)c(OC)c2)SC1=Nc1ccc(C(=O)O)cc1. The van der Waals surface area contributed by atoms with Crippen LogP contribution in [0.3, 0.4) is 0 Å². The van der Waals surface area contributed by atoms with Crippen molar-refractivity contribution in [3.05, 3.63) is 52.4 Å². The van der Waals surface area contributed by atoms with Crippen molar-refractivity contribution in [2.24, 2.45) is 4.99 Å². The molecule has 8 nitrogen and oxygen atoms in total. The number of carboxylic acids is 1. The molecule has 9 heteroatoms. The highest BCUT2D eigenvalue weighted by Crippen LogP contribution is 2.40. The molecule has 1 N–H and O–H groups in total. The fraction of sp³-hybridized carbons (Fsp3) is 0.227. The molecule has 1 fully saturated rings. The number of likely N-dealkylation sites (N-methyl/N-ethyl adjacent to an activating group) is 1. The number of nitrogens with zero attached hydrogens (tertiary/aromatic N) is 2. The van der Waals surface area contributed by atoms with Gasteiger partial charge in [0.2, 0.25) is 5.75 Å². The number of amides is 1. The number of hydrogen-bond donors (Lipinski definition) is 1. The van der Waals surface area contributed by atoms with E-state index in [1.54, 1.807) is 35.2 Å². The first kappa shape index (κ1) is 22.2. The lowest BCUT2D eigenvalue weighted by Gasteiger charge is -2.13. The van der Waals surface area contributed by atoms with Crippen molar-refractivity contribution in [3.8, 4) is 17.2 Å². The molecule has 1 aliphatic rings. The summed E-state index contributed by atoms with van der Waals surface area (Å²) in [6.45, 7) is 2.31. The van der Waals surface area contributed by atoms with Crippen molar-refractivity contribution in [2.75, 3.05) is 27.9 Å². The molecule has 3 rings (SSSR count). The highest BCUT2D eigenvalue weighted by atomic mass is 32.2. The van der Waals surface area contributed by atoms with E-state index >= 15 is 0 Å². The lowest BCUT2D eigenvalue weighted by molar-refractivity contribution is -0.122. The molecule has 0 aromatic heterocycles. The van der Waals surface area contributed by atoms with Crippen molar-refractivity contribution in [3.63, 3.8) is 0 Å². The minimum atomic E-state index is -1.00. The zero-order valence-electron chi connectivity index (χ0n) is 17.5. The van der Waals surface area contributed by atoms with Gasteiger partial charge in [0.15, 0.2) is 16.7 Å². The second-order valence-corrected chi connectivity index (χ2v) is 7.37. The minimum absolute atomic E-state index is 0.165. The number of ether oxygens (including phenoxy) is 3. The summed E-state index contributed by atoms with van der Waals surface area (Å²) >= 11 is 1.25. The number of rotatable bonds is 7. The van der Waals surface area contributed by atoms with Crippen LogP contribution in [0.1, 0.15) is 22.8 Å². The molecule has 0 radical (unpaired) electrons. The molecule has 1 amide bonds. The van der Waals surface area contributed by atoms with Gasteiger partial charge in [0, 0.05) is 6.54 Å². The van der Waals surface area contributed by atoms with Crippen LogP contribution in [0.5, 0.6) is 17.2 Å². The van der Waals surface area contributed by atoms with E-state index < -0.39 is 5.97 Å². The number of carbonyl (C=O) groups excluding carboxylic acids is 1. The van der Waals surface area contributed by atoms with Gasteiger partial charge in [-0.2, -0.15) is 0 Å². The van der Waals surface area contributed by atoms with E-state index in [9.17, 15) is 9.59 Å². The molecular formula is C22H22N2O6S. The zero-order chi connectivity index (χ0) is 22.5. The number of carbonyl (C=O) groups is 2. The van der Waals surface area contributed by atoms with E-state index in [0.29, 0.717) is 45.1 Å². The Labute approximate surface area is 184 Å². The topological polar surface area (TPSA) is 97.7 Å². The van der Waals surface area contributed by atoms with Crippen LogP contribution in [0, 0.1) is 0 Å². The average Bonchev–Trinajstić information content (AvgIpc) is 3.06. The van der Waals surface area contributed by atoms with Crippen molar-refractivity contribution < 1.29 is 28.9 Å². The molecule has 1 saturated heterocycles. The molecule has 2 aromatic rings. The van der Waals surface area contributed by atoms with Crippen molar-refractivity contribution in [1.82, 2.24) is 4.90 Å². The highest BCUT2D eigenvalue weighted by molar-refractivity contribution is 8.18. The average molecular weight is 442 g/mol. The number of thioether (sulfide) groups is 1. The maximum absolute atomic E-state index is 12.9. The molecule has 1 heterocycles. The molecule has 0 spiro atoms. The molecule has 1 aliphatic heterocycles. The Hall–Kier alpha value is -3.46. The smallest absolute Gasteiger partial charge is 0.335 e. The lowest BCUT2D eigenvalue weighted by atomic mass is 10.1. The van der Waals surface area contributed by atoms with Gasteiger partial charge in [-0.05, 0) is 66.7 Å². The molecule has 0 bridgehead atoms. The Kier molecular flexibility index (Phi) is 6.86. The lowest BCUT2D eigenvalue weighted by Crippen LogP contribution is -2.28. The van der Waals surface area contributed by atoms with E-state index in [1.165, 1.54) is 45.2 Å². The van der Waals surface area contributed by atoms with E-state index in [2.05, 4.69) is 4.99 Å². The predicted molar refractivity (Wildman–Crippen MR) is 120 cm³/mol. The third-order valence-electron chi connectivity index (χ3n) is 4.53.